The monoisotopic (exact) mass is 151 g/mol. The third-order valence-electron chi connectivity index (χ3n) is 0.439. The molecule has 2 N–H and O–H groups in total. The third-order valence-corrected chi connectivity index (χ3v) is 1.63. The summed E-state index contributed by atoms with van der Waals surface area (Å²) in [7, 11) is 0. The quantitative estimate of drug-likeness (QED) is 0.610. The molecule has 0 radical (unpaired) electrons. The van der Waals surface area contributed by atoms with Gasteiger partial charge < -0.3 is 5.73 Å². The Hall–Kier alpha value is -0.150. The average Bonchev–Trinajstić information content (AvgIpc) is 1.67. The van der Waals surface area contributed by atoms with E-state index in [2.05, 4.69) is 6.58 Å². The van der Waals surface area contributed by atoms with Crippen molar-refractivity contribution in [3.05, 3.63) is 12.0 Å². The number of alkyl halides is 1. The number of rotatable bonds is 3. The van der Waals surface area contributed by atoms with Crippen LogP contribution in [-0.4, -0.2) is 10.6 Å². The highest BCUT2D eigenvalue weighted by Crippen LogP contribution is 2.13. The van der Waals surface area contributed by atoms with Crippen molar-refractivity contribution < 1.29 is 4.79 Å². The number of carbonyl (C=O) groups excluding carboxylic acids is 1. The fourth-order valence-corrected chi connectivity index (χ4v) is 0.673. The van der Waals surface area contributed by atoms with Gasteiger partial charge in [0.2, 0.25) is 5.91 Å². The lowest BCUT2D eigenvalue weighted by atomic mass is 10.8. The van der Waals surface area contributed by atoms with Crippen molar-refractivity contribution in [1.82, 2.24) is 0 Å². The Labute approximate surface area is 57.1 Å². The van der Waals surface area contributed by atoms with Crippen molar-refractivity contribution in [2.45, 2.75) is 4.71 Å². The summed E-state index contributed by atoms with van der Waals surface area (Å²) in [5.41, 5.74) is 4.78. The van der Waals surface area contributed by atoms with E-state index < -0.39 is 10.6 Å². The Morgan fingerprint density at radius 2 is 2.50 bits per heavy atom. The second-order valence-corrected chi connectivity index (χ2v) is 2.79. The van der Waals surface area contributed by atoms with Crippen molar-refractivity contribution in [2.24, 2.45) is 5.73 Å². The predicted octanol–water partition coefficient (Wildman–Crippen LogP) is 0.913. The van der Waals surface area contributed by atoms with Crippen LogP contribution in [0, 0.1) is 0 Å². The lowest BCUT2D eigenvalue weighted by molar-refractivity contribution is -0.116. The highest BCUT2D eigenvalue weighted by Gasteiger charge is 2.07. The van der Waals surface area contributed by atoms with Gasteiger partial charge in [-0.3, -0.25) is 4.79 Å². The molecular formula is C4H6ClNOS. The molecule has 0 spiro atoms. The van der Waals surface area contributed by atoms with Crippen LogP contribution in [0.5, 0.6) is 0 Å². The smallest absolute Gasteiger partial charge is 0.246 e. The lowest BCUT2D eigenvalue weighted by Gasteiger charge is -1.96. The molecule has 0 saturated heterocycles. The van der Waals surface area contributed by atoms with Crippen molar-refractivity contribution in [3.63, 3.8) is 0 Å². The molecule has 1 unspecified atom stereocenters. The topological polar surface area (TPSA) is 43.1 Å². The van der Waals surface area contributed by atoms with Crippen LogP contribution in [-0.2, 0) is 4.79 Å². The first-order chi connectivity index (χ1) is 3.68. The summed E-state index contributed by atoms with van der Waals surface area (Å²) in [6.45, 7) is 3.35. The normalized spacial score (nSPS) is 12.6. The molecule has 0 saturated carbocycles. The number of nitrogens with two attached hydrogens (primary N) is 1. The number of hydrogen-bond donors (Lipinski definition) is 1. The Morgan fingerprint density at radius 3 is 2.62 bits per heavy atom. The Balaban J connectivity index is 3.46. The zero-order valence-corrected chi connectivity index (χ0v) is 5.71. The molecule has 0 aromatic heterocycles. The van der Waals surface area contributed by atoms with Crippen LogP contribution in [0.2, 0.25) is 0 Å². The van der Waals surface area contributed by atoms with E-state index in [9.17, 15) is 4.79 Å². The first-order valence-corrected chi connectivity index (χ1v) is 3.26. The van der Waals surface area contributed by atoms with Crippen LogP contribution < -0.4 is 5.73 Å². The van der Waals surface area contributed by atoms with Gasteiger partial charge in [0.05, 0.1) is 0 Å². The average molecular weight is 152 g/mol. The molecule has 0 heterocycles. The molecule has 0 fully saturated rings. The molecule has 8 heavy (non-hydrogen) atoms. The van der Waals surface area contributed by atoms with E-state index in [1.165, 1.54) is 5.41 Å². The largest absolute Gasteiger partial charge is 0.368 e. The second kappa shape index (κ2) is 3.80. The number of halogens is 1. The van der Waals surface area contributed by atoms with Gasteiger partial charge >= 0.3 is 0 Å². The molecule has 2 nitrogen and oxygen atoms in total. The summed E-state index contributed by atoms with van der Waals surface area (Å²) >= 11 is 6.43. The Kier molecular flexibility index (Phi) is 3.73. The van der Waals surface area contributed by atoms with Crippen LogP contribution in [0.3, 0.4) is 0 Å². The summed E-state index contributed by atoms with van der Waals surface area (Å²) < 4.78 is -0.674. The van der Waals surface area contributed by atoms with E-state index in [1.54, 1.807) is 0 Å². The van der Waals surface area contributed by atoms with E-state index >= 15 is 0 Å². The first kappa shape index (κ1) is 7.85. The van der Waals surface area contributed by atoms with Crippen LogP contribution in [0.15, 0.2) is 12.0 Å². The summed E-state index contributed by atoms with van der Waals surface area (Å²) in [4.78, 5) is 10.1. The highest BCUT2D eigenvalue weighted by atomic mass is 35.5. The zero-order chi connectivity index (χ0) is 6.57. The zero-order valence-electron chi connectivity index (χ0n) is 4.13. The molecule has 0 aliphatic heterocycles. The van der Waals surface area contributed by atoms with Crippen molar-refractivity contribution in [1.29, 1.82) is 0 Å². The molecule has 0 rings (SSSR count). The molecule has 4 heteroatoms. The molecular weight excluding hydrogens is 146 g/mol. The van der Waals surface area contributed by atoms with Crippen LogP contribution in [0.1, 0.15) is 0 Å². The molecule has 1 atom stereocenters. The van der Waals surface area contributed by atoms with Crippen LogP contribution in [0.4, 0.5) is 0 Å². The van der Waals surface area contributed by atoms with Crippen molar-refractivity contribution in [3.8, 4) is 0 Å². The summed E-state index contributed by atoms with van der Waals surface area (Å²) in [6.07, 6.45) is 0. The van der Waals surface area contributed by atoms with E-state index in [0.717, 1.165) is 11.8 Å². The molecule has 0 aliphatic rings. The summed E-state index contributed by atoms with van der Waals surface area (Å²) in [5, 5.41) is 1.47. The van der Waals surface area contributed by atoms with E-state index in [1.807, 2.05) is 0 Å². The first-order valence-electron chi connectivity index (χ1n) is 1.88. The van der Waals surface area contributed by atoms with E-state index in [0.29, 0.717) is 0 Å². The number of primary amides is 1. The lowest BCUT2D eigenvalue weighted by Crippen LogP contribution is -2.19. The maximum absolute atomic E-state index is 10.1. The van der Waals surface area contributed by atoms with Gasteiger partial charge in [-0.05, 0) is 5.41 Å². The Bertz CT molecular complexity index is 106. The molecule has 0 bridgehead atoms. The number of hydrogen-bond acceptors (Lipinski definition) is 2. The van der Waals surface area contributed by atoms with Gasteiger partial charge in [0.1, 0.15) is 0 Å². The highest BCUT2D eigenvalue weighted by molar-refractivity contribution is 8.04. The molecule has 46 valence electrons. The minimum atomic E-state index is -0.674. The predicted molar refractivity (Wildman–Crippen MR) is 36.6 cm³/mol. The van der Waals surface area contributed by atoms with Crippen molar-refractivity contribution in [2.75, 3.05) is 0 Å². The van der Waals surface area contributed by atoms with Gasteiger partial charge in [-0.1, -0.05) is 6.58 Å². The maximum atomic E-state index is 10.1. The van der Waals surface area contributed by atoms with E-state index in [-0.39, 0.29) is 0 Å². The SMILES string of the molecule is C=CSC(Cl)C(N)=O. The van der Waals surface area contributed by atoms with Gasteiger partial charge in [0, 0.05) is 0 Å². The maximum Gasteiger partial charge on any atom is 0.246 e. The number of amides is 1. The molecule has 0 aromatic rings. The van der Waals surface area contributed by atoms with Gasteiger partial charge in [-0.15, -0.1) is 23.4 Å². The number of carbonyl (C=O) groups is 1. The standard InChI is InChI=1S/C4H6ClNOS/c1-2-8-3(5)4(6)7/h2-3H,1H2,(H2,6,7). The molecule has 0 aromatic carbocycles. The third kappa shape index (κ3) is 2.93. The van der Waals surface area contributed by atoms with Gasteiger partial charge in [-0.2, -0.15) is 0 Å². The van der Waals surface area contributed by atoms with Gasteiger partial charge in [0.15, 0.2) is 4.71 Å². The fourth-order valence-electron chi connectivity index (χ4n) is 0.152. The Morgan fingerprint density at radius 1 is 2.00 bits per heavy atom. The van der Waals surface area contributed by atoms with E-state index in [4.69, 9.17) is 17.3 Å². The fraction of sp³-hybridized carbons (Fsp3) is 0.250. The summed E-state index contributed by atoms with van der Waals surface area (Å²) in [5.74, 6) is -0.531. The van der Waals surface area contributed by atoms with Gasteiger partial charge in [-0.25, -0.2) is 0 Å². The molecule has 1 amide bonds. The summed E-state index contributed by atoms with van der Waals surface area (Å²) in [6, 6.07) is 0. The minimum Gasteiger partial charge on any atom is -0.368 e. The van der Waals surface area contributed by atoms with Crippen LogP contribution >= 0.6 is 23.4 Å². The van der Waals surface area contributed by atoms with Gasteiger partial charge in [0.25, 0.3) is 0 Å². The second-order valence-electron chi connectivity index (χ2n) is 1.02. The number of thioether (sulfide) groups is 1. The van der Waals surface area contributed by atoms with Crippen molar-refractivity contribution >= 4 is 29.3 Å². The van der Waals surface area contributed by atoms with Crippen LogP contribution in [0.25, 0.3) is 0 Å². The molecule has 0 aliphatic carbocycles. The minimum absolute atomic E-state index is 0.531.